The number of carbonyl (C=O) groups excluding carboxylic acids is 1. The van der Waals surface area contributed by atoms with E-state index in [1.807, 2.05) is 6.07 Å². The molecule has 0 saturated heterocycles. The van der Waals surface area contributed by atoms with Crippen LogP contribution in [0.3, 0.4) is 0 Å². The summed E-state index contributed by atoms with van der Waals surface area (Å²) >= 11 is 0. The third-order valence-electron chi connectivity index (χ3n) is 3.55. The Balaban J connectivity index is 2.10. The first-order valence-electron chi connectivity index (χ1n) is 6.41. The van der Waals surface area contributed by atoms with Gasteiger partial charge in [0.05, 0.1) is 24.4 Å². The number of ether oxygens (including phenoxy) is 1. The minimum absolute atomic E-state index is 0.335. The van der Waals surface area contributed by atoms with Crippen LogP contribution in [0, 0.1) is 11.3 Å². The number of nitrogens with zero attached hydrogens (tertiary/aromatic N) is 1. The van der Waals surface area contributed by atoms with E-state index in [2.05, 4.69) is 10.6 Å². The van der Waals surface area contributed by atoms with E-state index in [1.165, 1.54) is 25.3 Å². The van der Waals surface area contributed by atoms with E-state index in [4.69, 9.17) is 15.1 Å². The molecule has 0 aliphatic heterocycles. The fourth-order valence-electron chi connectivity index (χ4n) is 2.16. The monoisotopic (exact) mass is 289 g/mol. The molecule has 1 aliphatic carbocycles. The maximum Gasteiger partial charge on any atom is 0.329 e. The average Bonchev–Trinajstić information content (AvgIpc) is 2.42. The number of aliphatic carboxylic acids is 1. The van der Waals surface area contributed by atoms with Gasteiger partial charge in [0.25, 0.3) is 0 Å². The summed E-state index contributed by atoms with van der Waals surface area (Å²) in [6.07, 6.45) is 1.60. The maximum absolute atomic E-state index is 11.9. The summed E-state index contributed by atoms with van der Waals surface area (Å²) < 4.78 is 5.10. The van der Waals surface area contributed by atoms with Crippen LogP contribution in [-0.2, 0) is 4.79 Å². The first-order chi connectivity index (χ1) is 10.0. The lowest BCUT2D eigenvalue weighted by Crippen LogP contribution is -2.60. The standard InChI is InChI=1S/C14H15N3O4/c1-21-11-7-9(8-15)3-4-10(11)16-13(20)17-14(12(18)19)5-2-6-14/h3-4,7H,2,5-6H2,1H3,(H,18,19)(H2,16,17,20). The van der Waals surface area contributed by atoms with Gasteiger partial charge >= 0.3 is 12.0 Å². The summed E-state index contributed by atoms with van der Waals surface area (Å²) in [6.45, 7) is 0. The molecule has 1 saturated carbocycles. The van der Waals surface area contributed by atoms with Crippen molar-refractivity contribution in [1.29, 1.82) is 5.26 Å². The van der Waals surface area contributed by atoms with Gasteiger partial charge in [0.15, 0.2) is 0 Å². The Hall–Kier alpha value is -2.75. The zero-order chi connectivity index (χ0) is 15.5. The van der Waals surface area contributed by atoms with Gasteiger partial charge in [-0.3, -0.25) is 0 Å². The van der Waals surface area contributed by atoms with Crippen molar-refractivity contribution in [2.45, 2.75) is 24.8 Å². The number of hydrogen-bond acceptors (Lipinski definition) is 4. The topological polar surface area (TPSA) is 111 Å². The van der Waals surface area contributed by atoms with E-state index >= 15 is 0 Å². The van der Waals surface area contributed by atoms with Crippen LogP contribution >= 0.6 is 0 Å². The third kappa shape index (κ3) is 2.89. The van der Waals surface area contributed by atoms with Gasteiger partial charge in [-0.1, -0.05) is 0 Å². The number of hydrogen-bond donors (Lipinski definition) is 3. The summed E-state index contributed by atoms with van der Waals surface area (Å²) in [5.41, 5.74) is -0.406. The van der Waals surface area contributed by atoms with Crippen LogP contribution in [0.1, 0.15) is 24.8 Å². The van der Waals surface area contributed by atoms with Gasteiger partial charge in [-0.25, -0.2) is 9.59 Å². The number of rotatable bonds is 4. The minimum Gasteiger partial charge on any atom is -0.495 e. The van der Waals surface area contributed by atoms with Crippen LogP contribution < -0.4 is 15.4 Å². The Morgan fingerprint density at radius 3 is 2.62 bits per heavy atom. The molecule has 1 aromatic carbocycles. The highest BCUT2D eigenvalue weighted by Crippen LogP contribution is 2.32. The van der Waals surface area contributed by atoms with E-state index in [9.17, 15) is 9.59 Å². The number of carboxylic acid groups (broad SMARTS) is 1. The van der Waals surface area contributed by atoms with Gasteiger partial charge < -0.3 is 20.5 Å². The Bertz CT molecular complexity index is 617. The summed E-state index contributed by atoms with van der Waals surface area (Å²) in [5.74, 6) is -0.696. The molecule has 1 aliphatic rings. The molecule has 0 spiro atoms. The molecule has 0 atom stereocenters. The van der Waals surface area contributed by atoms with Crippen molar-refractivity contribution in [1.82, 2.24) is 5.32 Å². The Morgan fingerprint density at radius 1 is 1.43 bits per heavy atom. The Morgan fingerprint density at radius 2 is 2.14 bits per heavy atom. The first-order valence-corrected chi connectivity index (χ1v) is 6.41. The molecule has 0 unspecified atom stereocenters. The summed E-state index contributed by atoms with van der Waals surface area (Å²) in [4.78, 5) is 23.1. The second-order valence-electron chi connectivity index (χ2n) is 4.85. The second kappa shape index (κ2) is 5.71. The molecule has 7 nitrogen and oxygen atoms in total. The molecule has 0 heterocycles. The van der Waals surface area contributed by atoms with Gasteiger partial charge in [-0.15, -0.1) is 0 Å². The SMILES string of the molecule is COc1cc(C#N)ccc1NC(=O)NC1(C(=O)O)CCC1. The van der Waals surface area contributed by atoms with E-state index in [0.717, 1.165) is 6.42 Å². The molecule has 2 amide bonds. The minimum atomic E-state index is -1.18. The number of nitrogens with one attached hydrogen (secondary N) is 2. The summed E-state index contributed by atoms with van der Waals surface area (Å²) in [6, 6.07) is 5.92. The zero-order valence-electron chi connectivity index (χ0n) is 11.5. The van der Waals surface area contributed by atoms with Gasteiger partial charge in [0.1, 0.15) is 11.3 Å². The maximum atomic E-state index is 11.9. The lowest BCUT2D eigenvalue weighted by atomic mass is 9.77. The number of methoxy groups -OCH3 is 1. The van der Waals surface area contributed by atoms with E-state index < -0.39 is 17.5 Å². The lowest BCUT2D eigenvalue weighted by molar-refractivity contribution is -0.148. The molecule has 21 heavy (non-hydrogen) atoms. The molecule has 0 bridgehead atoms. The molecule has 7 heteroatoms. The molecule has 110 valence electrons. The summed E-state index contributed by atoms with van der Waals surface area (Å²) in [7, 11) is 1.42. The number of urea groups is 1. The third-order valence-corrected chi connectivity index (χ3v) is 3.55. The van der Waals surface area contributed by atoms with Crippen LogP contribution in [-0.4, -0.2) is 29.8 Å². The predicted molar refractivity (Wildman–Crippen MR) is 74.1 cm³/mol. The van der Waals surface area contributed by atoms with Crippen molar-refractivity contribution >= 4 is 17.7 Å². The van der Waals surface area contributed by atoms with E-state index in [-0.39, 0.29) is 0 Å². The highest BCUT2D eigenvalue weighted by molar-refractivity contribution is 5.95. The number of anilines is 1. The van der Waals surface area contributed by atoms with Crippen molar-refractivity contribution in [2.24, 2.45) is 0 Å². The van der Waals surface area contributed by atoms with E-state index in [1.54, 1.807) is 0 Å². The van der Waals surface area contributed by atoms with Crippen molar-refractivity contribution in [3.63, 3.8) is 0 Å². The van der Waals surface area contributed by atoms with Crippen molar-refractivity contribution in [2.75, 3.05) is 12.4 Å². The fraction of sp³-hybridized carbons (Fsp3) is 0.357. The van der Waals surface area contributed by atoms with Crippen LogP contribution in [0.4, 0.5) is 10.5 Å². The molecular weight excluding hydrogens is 274 g/mol. The quantitative estimate of drug-likeness (QED) is 0.781. The second-order valence-corrected chi connectivity index (χ2v) is 4.85. The molecule has 2 rings (SSSR count). The van der Waals surface area contributed by atoms with Crippen LogP contribution in [0.5, 0.6) is 5.75 Å². The van der Waals surface area contributed by atoms with Crippen LogP contribution in [0.2, 0.25) is 0 Å². The average molecular weight is 289 g/mol. The number of nitriles is 1. The van der Waals surface area contributed by atoms with Crippen molar-refractivity contribution < 1.29 is 19.4 Å². The predicted octanol–water partition coefficient (Wildman–Crippen LogP) is 1.70. The van der Waals surface area contributed by atoms with Gasteiger partial charge in [0, 0.05) is 6.07 Å². The van der Waals surface area contributed by atoms with Crippen molar-refractivity contribution in [3.8, 4) is 11.8 Å². The zero-order valence-corrected chi connectivity index (χ0v) is 11.5. The van der Waals surface area contributed by atoms with Gasteiger partial charge in [-0.05, 0) is 31.4 Å². The van der Waals surface area contributed by atoms with Crippen LogP contribution in [0.15, 0.2) is 18.2 Å². The normalized spacial score (nSPS) is 15.2. The summed E-state index contributed by atoms with van der Waals surface area (Å²) in [5, 5.41) is 23.0. The molecule has 1 aromatic rings. The van der Waals surface area contributed by atoms with Gasteiger partial charge in [0.2, 0.25) is 0 Å². The number of carboxylic acids is 1. The number of amides is 2. The molecule has 1 fully saturated rings. The molecule has 0 radical (unpaired) electrons. The highest BCUT2D eigenvalue weighted by atomic mass is 16.5. The largest absolute Gasteiger partial charge is 0.495 e. The molecular formula is C14H15N3O4. The van der Waals surface area contributed by atoms with Gasteiger partial charge in [-0.2, -0.15) is 5.26 Å². The Kier molecular flexibility index (Phi) is 3.98. The van der Waals surface area contributed by atoms with Crippen molar-refractivity contribution in [3.05, 3.63) is 23.8 Å². The first kappa shape index (κ1) is 14.7. The number of carbonyl (C=O) groups is 2. The smallest absolute Gasteiger partial charge is 0.329 e. The van der Waals surface area contributed by atoms with E-state index in [0.29, 0.717) is 29.8 Å². The number of benzene rings is 1. The van der Waals surface area contributed by atoms with Crippen LogP contribution in [0.25, 0.3) is 0 Å². The molecule has 3 N–H and O–H groups in total. The fourth-order valence-corrected chi connectivity index (χ4v) is 2.16. The lowest BCUT2D eigenvalue weighted by Gasteiger charge is -2.38. The Labute approximate surface area is 121 Å². The highest BCUT2D eigenvalue weighted by Gasteiger charge is 2.45. The molecule has 0 aromatic heterocycles.